The van der Waals surface area contributed by atoms with Gasteiger partial charge in [0.1, 0.15) is 5.82 Å². The zero-order valence-electron chi connectivity index (χ0n) is 14.6. The molecule has 1 atom stereocenters. The fourth-order valence-corrected chi connectivity index (χ4v) is 3.25. The van der Waals surface area contributed by atoms with E-state index in [1.54, 1.807) is 0 Å². The predicted octanol–water partition coefficient (Wildman–Crippen LogP) is 3.33. The molecule has 1 fully saturated rings. The van der Waals surface area contributed by atoms with Crippen molar-refractivity contribution in [1.29, 1.82) is 0 Å². The first kappa shape index (κ1) is 16.9. The third-order valence-corrected chi connectivity index (χ3v) is 4.73. The fraction of sp³-hybridized carbons (Fsp3) is 0.450. The first-order chi connectivity index (χ1) is 11.7. The van der Waals surface area contributed by atoms with Crippen LogP contribution in [0.2, 0.25) is 0 Å². The summed E-state index contributed by atoms with van der Waals surface area (Å²) in [5.74, 6) is 1.14. The van der Waals surface area contributed by atoms with Gasteiger partial charge in [-0.1, -0.05) is 30.3 Å². The molecule has 0 amide bonds. The van der Waals surface area contributed by atoms with Gasteiger partial charge in [0.15, 0.2) is 0 Å². The highest BCUT2D eigenvalue weighted by Crippen LogP contribution is 2.24. The van der Waals surface area contributed by atoms with Crippen molar-refractivity contribution in [2.75, 3.05) is 18.0 Å². The fourth-order valence-electron chi connectivity index (χ4n) is 3.25. The van der Waals surface area contributed by atoms with Gasteiger partial charge in [-0.2, -0.15) is 0 Å². The minimum absolute atomic E-state index is 0.0849. The van der Waals surface area contributed by atoms with E-state index < -0.39 is 0 Å². The Morgan fingerprint density at radius 3 is 2.75 bits per heavy atom. The standard InChI is InChI=1S/C20H27N3O/c1-15-8-9-19(20(22-15)23-10-3-4-11-23)13-21-16(2)18-7-5-6-17(12-18)14-24/h5-9,12,16,21,24H,3-4,10-11,13-14H2,1-2H3. The summed E-state index contributed by atoms with van der Waals surface area (Å²) in [6, 6.07) is 12.6. The van der Waals surface area contributed by atoms with E-state index in [1.807, 2.05) is 12.1 Å². The zero-order chi connectivity index (χ0) is 16.9. The van der Waals surface area contributed by atoms with Crippen LogP contribution in [0, 0.1) is 6.92 Å². The van der Waals surface area contributed by atoms with E-state index in [2.05, 4.69) is 48.3 Å². The molecule has 1 unspecified atom stereocenters. The number of hydrogen-bond acceptors (Lipinski definition) is 4. The molecule has 0 saturated carbocycles. The second-order valence-corrected chi connectivity index (χ2v) is 6.64. The second kappa shape index (κ2) is 7.77. The Bertz CT molecular complexity index is 680. The lowest BCUT2D eigenvalue weighted by atomic mass is 10.1. The van der Waals surface area contributed by atoms with Crippen LogP contribution >= 0.6 is 0 Å². The van der Waals surface area contributed by atoms with Crippen LogP contribution in [0.1, 0.15) is 48.2 Å². The van der Waals surface area contributed by atoms with Gasteiger partial charge in [-0.15, -0.1) is 0 Å². The lowest BCUT2D eigenvalue weighted by molar-refractivity contribution is 0.281. The highest BCUT2D eigenvalue weighted by molar-refractivity contribution is 5.48. The number of rotatable bonds is 6. The molecule has 2 N–H and O–H groups in total. The largest absolute Gasteiger partial charge is 0.392 e. The van der Waals surface area contributed by atoms with Gasteiger partial charge < -0.3 is 15.3 Å². The highest BCUT2D eigenvalue weighted by atomic mass is 16.3. The third kappa shape index (κ3) is 3.94. The minimum atomic E-state index is 0.0849. The van der Waals surface area contributed by atoms with Gasteiger partial charge in [0.2, 0.25) is 0 Å². The van der Waals surface area contributed by atoms with Crippen molar-refractivity contribution in [3.63, 3.8) is 0 Å². The third-order valence-electron chi connectivity index (χ3n) is 4.73. The molecule has 0 bridgehead atoms. The first-order valence-corrected chi connectivity index (χ1v) is 8.82. The summed E-state index contributed by atoms with van der Waals surface area (Å²) in [6.07, 6.45) is 2.51. The van der Waals surface area contributed by atoms with E-state index in [1.165, 1.54) is 24.0 Å². The van der Waals surface area contributed by atoms with Crippen molar-refractivity contribution in [3.8, 4) is 0 Å². The molecule has 4 heteroatoms. The minimum Gasteiger partial charge on any atom is -0.392 e. The first-order valence-electron chi connectivity index (χ1n) is 8.82. The normalized spacial score (nSPS) is 15.7. The van der Waals surface area contributed by atoms with Gasteiger partial charge in [-0.25, -0.2) is 4.98 Å². The topological polar surface area (TPSA) is 48.4 Å². The summed E-state index contributed by atoms with van der Waals surface area (Å²) in [5.41, 5.74) is 4.48. The Morgan fingerprint density at radius 1 is 1.21 bits per heavy atom. The van der Waals surface area contributed by atoms with Crippen molar-refractivity contribution >= 4 is 5.82 Å². The molecule has 1 aliphatic heterocycles. The van der Waals surface area contributed by atoms with Crippen LogP contribution in [-0.2, 0) is 13.2 Å². The number of hydrogen-bond donors (Lipinski definition) is 2. The molecule has 2 aromatic rings. The Kier molecular flexibility index (Phi) is 5.48. The Hall–Kier alpha value is -1.91. The van der Waals surface area contributed by atoms with E-state index in [4.69, 9.17) is 4.98 Å². The van der Waals surface area contributed by atoms with Crippen LogP contribution in [0.5, 0.6) is 0 Å². The van der Waals surface area contributed by atoms with Crippen molar-refractivity contribution < 1.29 is 5.11 Å². The Balaban J connectivity index is 1.71. The van der Waals surface area contributed by atoms with Crippen LogP contribution in [0.4, 0.5) is 5.82 Å². The molecule has 1 saturated heterocycles. The number of benzene rings is 1. The van der Waals surface area contributed by atoms with Gasteiger partial charge in [0.25, 0.3) is 0 Å². The maximum atomic E-state index is 9.30. The average molecular weight is 325 g/mol. The number of pyridine rings is 1. The summed E-state index contributed by atoms with van der Waals surface area (Å²) in [6.45, 7) is 7.31. The number of nitrogens with zero attached hydrogens (tertiary/aromatic N) is 2. The SMILES string of the molecule is Cc1ccc(CNC(C)c2cccc(CO)c2)c(N2CCCC2)n1. The molecule has 4 nitrogen and oxygen atoms in total. The van der Waals surface area contributed by atoms with E-state index >= 15 is 0 Å². The number of aliphatic hydroxyl groups is 1. The molecule has 3 rings (SSSR count). The summed E-state index contributed by atoms with van der Waals surface area (Å²) in [5, 5.41) is 12.9. The van der Waals surface area contributed by atoms with Crippen molar-refractivity contribution in [2.45, 2.75) is 45.9 Å². The van der Waals surface area contributed by atoms with E-state index in [0.29, 0.717) is 0 Å². The van der Waals surface area contributed by atoms with Crippen molar-refractivity contribution in [2.24, 2.45) is 0 Å². The van der Waals surface area contributed by atoms with Crippen LogP contribution in [0.3, 0.4) is 0 Å². The lowest BCUT2D eigenvalue weighted by Gasteiger charge is -2.22. The van der Waals surface area contributed by atoms with E-state index in [9.17, 15) is 5.11 Å². The second-order valence-electron chi connectivity index (χ2n) is 6.64. The monoisotopic (exact) mass is 325 g/mol. The average Bonchev–Trinajstić information content (AvgIpc) is 3.15. The summed E-state index contributed by atoms with van der Waals surface area (Å²) < 4.78 is 0. The molecular weight excluding hydrogens is 298 g/mol. The molecular formula is C20H27N3O. The summed E-state index contributed by atoms with van der Waals surface area (Å²) >= 11 is 0. The van der Waals surface area contributed by atoms with Gasteiger partial charge >= 0.3 is 0 Å². The van der Waals surface area contributed by atoms with E-state index in [-0.39, 0.29) is 12.6 Å². The molecule has 0 spiro atoms. The molecule has 0 aliphatic carbocycles. The maximum Gasteiger partial charge on any atom is 0.133 e. The van der Waals surface area contributed by atoms with Crippen LogP contribution in [0.25, 0.3) is 0 Å². The lowest BCUT2D eigenvalue weighted by Crippen LogP contribution is -2.24. The van der Waals surface area contributed by atoms with Crippen molar-refractivity contribution in [1.82, 2.24) is 10.3 Å². The molecule has 2 heterocycles. The predicted molar refractivity (Wildman–Crippen MR) is 98.0 cm³/mol. The van der Waals surface area contributed by atoms with E-state index in [0.717, 1.165) is 36.7 Å². The molecule has 1 aromatic heterocycles. The number of aryl methyl sites for hydroxylation is 1. The van der Waals surface area contributed by atoms with Crippen LogP contribution in [0.15, 0.2) is 36.4 Å². The van der Waals surface area contributed by atoms with Gasteiger partial charge in [0, 0.05) is 36.9 Å². The molecule has 1 aromatic carbocycles. The Labute approximate surface area is 144 Å². The number of aliphatic hydroxyl groups excluding tert-OH is 1. The van der Waals surface area contributed by atoms with Gasteiger partial charge in [0.05, 0.1) is 6.61 Å². The molecule has 0 radical (unpaired) electrons. The summed E-state index contributed by atoms with van der Waals surface area (Å²) in [7, 11) is 0. The van der Waals surface area contributed by atoms with Gasteiger partial charge in [-0.3, -0.25) is 0 Å². The highest BCUT2D eigenvalue weighted by Gasteiger charge is 2.17. The smallest absolute Gasteiger partial charge is 0.133 e. The molecule has 1 aliphatic rings. The number of nitrogens with one attached hydrogen (secondary N) is 1. The number of anilines is 1. The quantitative estimate of drug-likeness (QED) is 0.855. The zero-order valence-corrected chi connectivity index (χ0v) is 14.6. The summed E-state index contributed by atoms with van der Waals surface area (Å²) in [4.78, 5) is 7.19. The number of aromatic nitrogens is 1. The molecule has 128 valence electrons. The maximum absolute atomic E-state index is 9.30. The van der Waals surface area contributed by atoms with Crippen LogP contribution in [-0.4, -0.2) is 23.2 Å². The van der Waals surface area contributed by atoms with Crippen molar-refractivity contribution in [3.05, 3.63) is 58.8 Å². The Morgan fingerprint density at radius 2 is 2.00 bits per heavy atom. The van der Waals surface area contributed by atoms with Gasteiger partial charge in [-0.05, 0) is 43.9 Å². The van der Waals surface area contributed by atoms with Crippen LogP contribution < -0.4 is 10.2 Å². The molecule has 24 heavy (non-hydrogen) atoms.